The summed E-state index contributed by atoms with van der Waals surface area (Å²) in [5.74, 6) is -0.909. The Labute approximate surface area is 81.8 Å². The first-order valence-electron chi connectivity index (χ1n) is 4.10. The Morgan fingerprint density at radius 3 is 2.86 bits per heavy atom. The van der Waals surface area contributed by atoms with Crippen LogP contribution in [0.5, 0.6) is 0 Å². The lowest BCUT2D eigenvalue weighted by Crippen LogP contribution is -2.12. The summed E-state index contributed by atoms with van der Waals surface area (Å²) in [5, 5.41) is 19.8. The highest BCUT2D eigenvalue weighted by Gasteiger charge is 2.01. The fourth-order valence-corrected chi connectivity index (χ4v) is 1.10. The standard InChI is InChI=1S/C10H10N2O2/c1-7-4-8(5-11)2-3-9(7)12-6-10(13)14/h2-4,12H,6H2,1H3,(H,13,14). The van der Waals surface area contributed by atoms with Crippen molar-refractivity contribution < 1.29 is 9.90 Å². The Morgan fingerprint density at radius 1 is 1.64 bits per heavy atom. The number of carboxylic acid groups (broad SMARTS) is 1. The van der Waals surface area contributed by atoms with Gasteiger partial charge in [0.05, 0.1) is 11.6 Å². The largest absolute Gasteiger partial charge is 0.480 e. The second-order valence-electron chi connectivity index (χ2n) is 2.89. The molecule has 0 aliphatic rings. The van der Waals surface area contributed by atoms with E-state index in [1.54, 1.807) is 18.2 Å². The molecule has 14 heavy (non-hydrogen) atoms. The van der Waals surface area contributed by atoms with Crippen molar-refractivity contribution in [3.8, 4) is 6.07 Å². The number of hydrogen-bond acceptors (Lipinski definition) is 3. The van der Waals surface area contributed by atoms with Crippen molar-refractivity contribution in [1.29, 1.82) is 5.26 Å². The van der Waals surface area contributed by atoms with Gasteiger partial charge in [0, 0.05) is 5.69 Å². The van der Waals surface area contributed by atoms with Crippen molar-refractivity contribution in [2.24, 2.45) is 0 Å². The number of nitrogens with zero attached hydrogens (tertiary/aromatic N) is 1. The Morgan fingerprint density at radius 2 is 2.36 bits per heavy atom. The van der Waals surface area contributed by atoms with E-state index in [0.717, 1.165) is 11.3 Å². The lowest BCUT2D eigenvalue weighted by atomic mass is 10.1. The van der Waals surface area contributed by atoms with Crippen molar-refractivity contribution in [2.75, 3.05) is 11.9 Å². The molecule has 0 heterocycles. The second kappa shape index (κ2) is 4.28. The van der Waals surface area contributed by atoms with Crippen LogP contribution in [0, 0.1) is 18.3 Å². The van der Waals surface area contributed by atoms with E-state index in [0.29, 0.717) is 5.56 Å². The molecule has 0 saturated heterocycles. The number of benzene rings is 1. The number of carbonyl (C=O) groups is 1. The van der Waals surface area contributed by atoms with E-state index in [4.69, 9.17) is 10.4 Å². The van der Waals surface area contributed by atoms with Crippen LogP contribution in [0.25, 0.3) is 0 Å². The Bertz CT molecular complexity index is 394. The summed E-state index contributed by atoms with van der Waals surface area (Å²) in [6.45, 7) is 1.71. The third-order valence-electron chi connectivity index (χ3n) is 1.79. The summed E-state index contributed by atoms with van der Waals surface area (Å²) in [4.78, 5) is 10.3. The second-order valence-corrected chi connectivity index (χ2v) is 2.89. The zero-order valence-electron chi connectivity index (χ0n) is 7.74. The van der Waals surface area contributed by atoms with Gasteiger partial charge in [0.25, 0.3) is 0 Å². The molecule has 0 saturated carbocycles. The Hall–Kier alpha value is -2.02. The van der Waals surface area contributed by atoms with Gasteiger partial charge in [-0.05, 0) is 30.7 Å². The zero-order valence-corrected chi connectivity index (χ0v) is 7.74. The first-order chi connectivity index (χ1) is 6.63. The monoisotopic (exact) mass is 190 g/mol. The minimum Gasteiger partial charge on any atom is -0.480 e. The van der Waals surface area contributed by atoms with Gasteiger partial charge in [-0.2, -0.15) is 5.26 Å². The van der Waals surface area contributed by atoms with Gasteiger partial charge in [0.1, 0.15) is 6.54 Å². The molecular weight excluding hydrogens is 180 g/mol. The molecule has 2 N–H and O–H groups in total. The van der Waals surface area contributed by atoms with Gasteiger partial charge in [0.2, 0.25) is 0 Å². The average molecular weight is 190 g/mol. The highest BCUT2D eigenvalue weighted by Crippen LogP contribution is 2.15. The van der Waals surface area contributed by atoms with Crippen molar-refractivity contribution >= 4 is 11.7 Å². The molecule has 0 aliphatic heterocycles. The molecule has 1 aromatic carbocycles. The van der Waals surface area contributed by atoms with E-state index in [2.05, 4.69) is 5.32 Å². The van der Waals surface area contributed by atoms with E-state index in [1.807, 2.05) is 13.0 Å². The topological polar surface area (TPSA) is 73.1 Å². The molecular formula is C10H10N2O2. The number of anilines is 1. The molecule has 0 amide bonds. The Kier molecular flexibility index (Phi) is 3.08. The molecule has 4 nitrogen and oxygen atoms in total. The predicted molar refractivity (Wildman–Crippen MR) is 52.0 cm³/mol. The van der Waals surface area contributed by atoms with Crippen molar-refractivity contribution in [3.63, 3.8) is 0 Å². The molecule has 0 aliphatic carbocycles. The van der Waals surface area contributed by atoms with Crippen LogP contribution in [0.15, 0.2) is 18.2 Å². The van der Waals surface area contributed by atoms with Gasteiger partial charge >= 0.3 is 5.97 Å². The normalized spacial score (nSPS) is 9.14. The molecule has 0 radical (unpaired) electrons. The fourth-order valence-electron chi connectivity index (χ4n) is 1.10. The van der Waals surface area contributed by atoms with Crippen molar-refractivity contribution in [2.45, 2.75) is 6.92 Å². The predicted octanol–water partition coefficient (Wildman–Crippen LogP) is 1.36. The lowest BCUT2D eigenvalue weighted by Gasteiger charge is -2.06. The van der Waals surface area contributed by atoms with Crippen LogP contribution in [0.2, 0.25) is 0 Å². The van der Waals surface area contributed by atoms with Gasteiger partial charge in [-0.15, -0.1) is 0 Å². The lowest BCUT2D eigenvalue weighted by molar-refractivity contribution is -0.134. The Balaban J connectivity index is 2.80. The average Bonchev–Trinajstić information content (AvgIpc) is 2.15. The molecule has 1 rings (SSSR count). The summed E-state index contributed by atoms with van der Waals surface area (Å²) >= 11 is 0. The van der Waals surface area contributed by atoms with E-state index in [9.17, 15) is 4.79 Å². The van der Waals surface area contributed by atoms with E-state index in [1.165, 1.54) is 0 Å². The number of aliphatic carboxylic acids is 1. The van der Waals surface area contributed by atoms with Crippen LogP contribution >= 0.6 is 0 Å². The maximum atomic E-state index is 10.3. The third kappa shape index (κ3) is 2.49. The maximum absolute atomic E-state index is 10.3. The van der Waals surface area contributed by atoms with Gasteiger partial charge in [-0.25, -0.2) is 0 Å². The molecule has 0 bridgehead atoms. The first kappa shape index (κ1) is 10.1. The van der Waals surface area contributed by atoms with Gasteiger partial charge < -0.3 is 10.4 Å². The van der Waals surface area contributed by atoms with Crippen LogP contribution in [0.1, 0.15) is 11.1 Å². The minimum atomic E-state index is -0.909. The summed E-state index contributed by atoms with van der Waals surface area (Å²) in [5.41, 5.74) is 2.18. The molecule has 1 aromatic rings. The van der Waals surface area contributed by atoms with Crippen LogP contribution in [0.3, 0.4) is 0 Å². The quantitative estimate of drug-likeness (QED) is 0.754. The van der Waals surface area contributed by atoms with Crippen LogP contribution in [-0.4, -0.2) is 17.6 Å². The molecule has 0 atom stereocenters. The highest BCUT2D eigenvalue weighted by atomic mass is 16.4. The SMILES string of the molecule is Cc1cc(C#N)ccc1NCC(=O)O. The molecule has 4 heteroatoms. The van der Waals surface area contributed by atoms with Gasteiger partial charge in [0.15, 0.2) is 0 Å². The number of hydrogen-bond donors (Lipinski definition) is 2. The zero-order chi connectivity index (χ0) is 10.6. The molecule has 72 valence electrons. The highest BCUT2D eigenvalue weighted by molar-refractivity contribution is 5.73. The summed E-state index contributed by atoms with van der Waals surface area (Å²) in [6, 6.07) is 7.08. The number of carboxylic acids is 1. The third-order valence-corrected chi connectivity index (χ3v) is 1.79. The molecule has 0 unspecified atom stereocenters. The van der Waals surface area contributed by atoms with Crippen LogP contribution in [-0.2, 0) is 4.79 Å². The number of nitrogens with one attached hydrogen (secondary N) is 1. The van der Waals surface area contributed by atoms with E-state index in [-0.39, 0.29) is 6.54 Å². The van der Waals surface area contributed by atoms with Crippen LogP contribution in [0.4, 0.5) is 5.69 Å². The smallest absolute Gasteiger partial charge is 0.322 e. The summed E-state index contributed by atoms with van der Waals surface area (Å²) in [6.07, 6.45) is 0. The first-order valence-corrected chi connectivity index (χ1v) is 4.10. The van der Waals surface area contributed by atoms with Crippen LogP contribution < -0.4 is 5.32 Å². The molecule has 0 aromatic heterocycles. The van der Waals surface area contributed by atoms with Gasteiger partial charge in [-0.1, -0.05) is 0 Å². The van der Waals surface area contributed by atoms with Crippen molar-refractivity contribution in [1.82, 2.24) is 0 Å². The number of aryl methyl sites for hydroxylation is 1. The minimum absolute atomic E-state index is 0.118. The van der Waals surface area contributed by atoms with Gasteiger partial charge in [-0.3, -0.25) is 4.79 Å². The molecule has 0 spiro atoms. The number of rotatable bonds is 3. The summed E-state index contributed by atoms with van der Waals surface area (Å²) in [7, 11) is 0. The van der Waals surface area contributed by atoms with E-state index < -0.39 is 5.97 Å². The van der Waals surface area contributed by atoms with E-state index >= 15 is 0 Å². The maximum Gasteiger partial charge on any atom is 0.322 e. The fraction of sp³-hybridized carbons (Fsp3) is 0.200. The summed E-state index contributed by atoms with van der Waals surface area (Å²) < 4.78 is 0. The van der Waals surface area contributed by atoms with Crippen molar-refractivity contribution in [3.05, 3.63) is 29.3 Å². The molecule has 0 fully saturated rings. The number of nitriles is 1.